The third kappa shape index (κ3) is 16.2. The predicted molar refractivity (Wildman–Crippen MR) is 199 cm³/mol. The summed E-state index contributed by atoms with van der Waals surface area (Å²) in [4.78, 5) is 4.85. The van der Waals surface area contributed by atoms with Crippen molar-refractivity contribution >= 4 is 11.4 Å². The predicted octanol–water partition coefficient (Wildman–Crippen LogP) is 12.9. The van der Waals surface area contributed by atoms with E-state index in [1.165, 1.54) is 35.4 Å². The van der Waals surface area contributed by atoms with Crippen molar-refractivity contribution in [1.29, 1.82) is 0 Å². The van der Waals surface area contributed by atoms with Crippen LogP contribution in [0.2, 0.25) is 0 Å². The van der Waals surface area contributed by atoms with Gasteiger partial charge in [-0.3, -0.25) is 4.99 Å². The molecule has 0 amide bonds. The van der Waals surface area contributed by atoms with Crippen LogP contribution >= 0.6 is 0 Å². The molecule has 0 spiro atoms. The van der Waals surface area contributed by atoms with E-state index >= 15 is 0 Å². The number of allylic oxidation sites excluding steroid dienone is 2. The quantitative estimate of drug-likeness (QED) is 0.136. The molecule has 0 radical (unpaired) electrons. The minimum Gasteiger partial charge on any atom is -0.656 e. The number of hydrogen-bond acceptors (Lipinski definition) is 1. The molecule has 0 fully saturated rings. The molecule has 4 aromatic carbocycles. The molecule has 0 aliphatic heterocycles. The molecule has 0 aromatic heterocycles. The average molecular weight is 690 g/mol. The van der Waals surface area contributed by atoms with E-state index in [1.807, 2.05) is 91.0 Å². The zero-order valence-corrected chi connectivity index (χ0v) is 31.3. The zero-order chi connectivity index (χ0) is 32.9. The van der Waals surface area contributed by atoms with Crippen LogP contribution in [-0.4, -0.2) is 12.3 Å². The molecular weight excluding hydrogens is 636 g/mol. The molecule has 0 saturated carbocycles. The molecule has 3 heteroatoms. The molecule has 1 aliphatic rings. The zero-order valence-electron chi connectivity index (χ0n) is 28.9. The van der Waals surface area contributed by atoms with E-state index < -0.39 is 0 Å². The van der Waals surface area contributed by atoms with Crippen LogP contribution in [0, 0.1) is 20.8 Å². The maximum absolute atomic E-state index is 5.15. The molecule has 4 aromatic rings. The largest absolute Gasteiger partial charge is 4.00 e. The molecule has 2 nitrogen and oxygen atoms in total. The van der Waals surface area contributed by atoms with Gasteiger partial charge in [0.05, 0.1) is 0 Å². The Morgan fingerprint density at radius 2 is 1.09 bits per heavy atom. The topological polar surface area (TPSA) is 26.5 Å². The van der Waals surface area contributed by atoms with E-state index in [1.54, 1.807) is 0 Å². The first kappa shape index (κ1) is 40.6. The normalized spacial score (nSPS) is 12.7. The van der Waals surface area contributed by atoms with Gasteiger partial charge < -0.3 is 5.32 Å². The second-order valence-electron chi connectivity index (χ2n) is 11.8. The van der Waals surface area contributed by atoms with Gasteiger partial charge in [0.25, 0.3) is 0 Å². The third-order valence-corrected chi connectivity index (χ3v) is 7.17. The maximum Gasteiger partial charge on any atom is 4.00 e. The van der Waals surface area contributed by atoms with Crippen molar-refractivity contribution < 1.29 is 26.2 Å². The third-order valence-electron chi connectivity index (χ3n) is 7.17. The van der Waals surface area contributed by atoms with Gasteiger partial charge in [-0.25, -0.2) is 0 Å². The van der Waals surface area contributed by atoms with Gasteiger partial charge in [-0.15, -0.1) is 47.8 Å². The minimum atomic E-state index is 0. The van der Waals surface area contributed by atoms with Crippen molar-refractivity contribution in [3.8, 4) is 0 Å². The Morgan fingerprint density at radius 3 is 1.43 bits per heavy atom. The van der Waals surface area contributed by atoms with Crippen molar-refractivity contribution in [3.05, 3.63) is 175 Å². The first-order valence-corrected chi connectivity index (χ1v) is 16.4. The van der Waals surface area contributed by atoms with Gasteiger partial charge >= 0.3 is 26.2 Å². The van der Waals surface area contributed by atoms with Crippen LogP contribution in [-0.2, 0) is 26.2 Å². The molecule has 0 unspecified atom stereocenters. The van der Waals surface area contributed by atoms with Crippen molar-refractivity contribution in [3.63, 3.8) is 0 Å². The molecule has 0 atom stereocenters. The van der Waals surface area contributed by atoms with Crippen molar-refractivity contribution in [1.82, 2.24) is 0 Å². The van der Waals surface area contributed by atoms with E-state index in [4.69, 9.17) is 10.3 Å². The molecule has 0 bridgehead atoms. The summed E-state index contributed by atoms with van der Waals surface area (Å²) in [5.41, 5.74) is 9.42. The summed E-state index contributed by atoms with van der Waals surface area (Å²) < 4.78 is 0. The Labute approximate surface area is 301 Å². The first-order chi connectivity index (χ1) is 21.7. The Kier molecular flexibility index (Phi) is 21.1. The molecule has 0 heterocycles. The summed E-state index contributed by atoms with van der Waals surface area (Å²) in [6.45, 7) is 23.3. The van der Waals surface area contributed by atoms with Gasteiger partial charge in [-0.2, -0.15) is 73.9 Å². The van der Waals surface area contributed by atoms with Crippen LogP contribution < -0.4 is 0 Å². The molecule has 1 aliphatic carbocycles. The number of para-hydroxylation sites is 1. The van der Waals surface area contributed by atoms with Crippen LogP contribution in [0.4, 0.5) is 5.69 Å². The second-order valence-corrected chi connectivity index (χ2v) is 11.8. The standard InChI is InChI=1S/C22H33N2.3C7H7.Zr/c1-6-7-15-23-20-13-8-9-14-21(20)24-22-18(16(2)3)11-10-12-19(22)17(4)5;3*1-7-5-3-2-4-6-7;/h10-12,14,16-17H,6-9,13,15H2,1-5H3;3*2-6H,1H2;/q4*-1;+4. The number of rotatable bonds is 7. The van der Waals surface area contributed by atoms with Crippen LogP contribution in [0.15, 0.2) is 126 Å². The minimum absolute atomic E-state index is 0. The monoisotopic (exact) mass is 688 g/mol. The van der Waals surface area contributed by atoms with Crippen molar-refractivity contribution in [2.24, 2.45) is 4.99 Å². The van der Waals surface area contributed by atoms with Gasteiger partial charge in [0.15, 0.2) is 0 Å². The van der Waals surface area contributed by atoms with Gasteiger partial charge in [-0.1, -0.05) is 94.6 Å². The summed E-state index contributed by atoms with van der Waals surface area (Å²) in [5, 5.41) is 5.15. The SMILES string of the molecule is CCCCN=C1CCCC=C1[N-]c1c(C(C)C)cccc1C(C)C.[CH2-]c1ccccc1.[CH2-]c1ccccc1.[CH2-]c1ccccc1.[Zr+4]. The smallest absolute Gasteiger partial charge is 0.656 e. The van der Waals surface area contributed by atoms with Crippen LogP contribution in [0.25, 0.3) is 5.32 Å². The van der Waals surface area contributed by atoms with E-state index in [-0.39, 0.29) is 26.2 Å². The van der Waals surface area contributed by atoms with E-state index in [2.05, 4.69) is 79.7 Å². The number of nitrogens with zero attached hydrogens (tertiary/aromatic N) is 2. The van der Waals surface area contributed by atoms with Crippen LogP contribution in [0.5, 0.6) is 0 Å². The molecular formula is C43H54N2Zr. The summed E-state index contributed by atoms with van der Waals surface area (Å²) in [6, 6.07) is 36.3. The molecule has 46 heavy (non-hydrogen) atoms. The second kappa shape index (κ2) is 23.9. The Hall–Kier alpha value is -3.42. The molecule has 0 saturated heterocycles. The molecule has 0 N–H and O–H groups in total. The van der Waals surface area contributed by atoms with Crippen LogP contribution in [0.3, 0.4) is 0 Å². The summed E-state index contributed by atoms with van der Waals surface area (Å²) in [7, 11) is 0. The fourth-order valence-corrected chi connectivity index (χ4v) is 4.59. The van der Waals surface area contributed by atoms with Crippen molar-refractivity contribution in [2.75, 3.05) is 6.54 Å². The maximum atomic E-state index is 5.15. The van der Waals surface area contributed by atoms with Gasteiger partial charge in [0.2, 0.25) is 0 Å². The van der Waals surface area contributed by atoms with Gasteiger partial charge in [-0.05, 0) is 37.5 Å². The summed E-state index contributed by atoms with van der Waals surface area (Å²) >= 11 is 0. The van der Waals surface area contributed by atoms with Gasteiger partial charge in [0.1, 0.15) is 0 Å². The molecule has 240 valence electrons. The molecule has 5 rings (SSSR count). The Bertz CT molecular complexity index is 1280. The first-order valence-electron chi connectivity index (χ1n) is 16.4. The fraction of sp³-hybridized carbons (Fsp3) is 0.302. The van der Waals surface area contributed by atoms with Crippen LogP contribution in [0.1, 0.15) is 106 Å². The summed E-state index contributed by atoms with van der Waals surface area (Å²) in [6.07, 6.45) is 8.03. The summed E-state index contributed by atoms with van der Waals surface area (Å²) in [5.74, 6) is 0.958. The number of aliphatic imine (C=N–C) groups is 1. The number of unbranched alkanes of at least 4 members (excludes halogenated alkanes) is 1. The fourth-order valence-electron chi connectivity index (χ4n) is 4.59. The van der Waals surface area contributed by atoms with Gasteiger partial charge in [0, 0.05) is 12.3 Å². The number of benzene rings is 4. The Balaban J connectivity index is 0.000000385. The Morgan fingerprint density at radius 1 is 0.652 bits per heavy atom. The van der Waals surface area contributed by atoms with E-state index in [0.29, 0.717) is 11.8 Å². The van der Waals surface area contributed by atoms with E-state index in [0.717, 1.165) is 48.2 Å². The van der Waals surface area contributed by atoms with Crippen molar-refractivity contribution in [2.45, 2.75) is 78.6 Å². The van der Waals surface area contributed by atoms with E-state index in [9.17, 15) is 0 Å². The average Bonchev–Trinajstić information content (AvgIpc) is 3.04. The number of hydrogen-bond donors (Lipinski definition) is 0.